The number of carbonyl (C=O) groups excluding carboxylic acids is 1. The number of fused-ring (bicyclic) bond motifs is 1. The second-order valence-corrected chi connectivity index (χ2v) is 5.35. The first kappa shape index (κ1) is 16.4. The predicted octanol–water partition coefficient (Wildman–Crippen LogP) is 2.91. The van der Waals surface area contributed by atoms with E-state index in [-0.39, 0.29) is 5.91 Å². The summed E-state index contributed by atoms with van der Waals surface area (Å²) in [4.78, 5) is 16.8. The van der Waals surface area contributed by atoms with Crippen LogP contribution in [0.3, 0.4) is 0 Å². The molecule has 0 aliphatic rings. The van der Waals surface area contributed by atoms with E-state index < -0.39 is 0 Å². The van der Waals surface area contributed by atoms with Crippen molar-refractivity contribution in [1.29, 1.82) is 0 Å². The highest BCUT2D eigenvalue weighted by Gasteiger charge is 2.15. The molecular formula is C19H19N5O. The van der Waals surface area contributed by atoms with E-state index in [0.29, 0.717) is 30.1 Å². The van der Waals surface area contributed by atoms with E-state index in [2.05, 4.69) is 33.9 Å². The summed E-state index contributed by atoms with van der Waals surface area (Å²) in [6.07, 6.45) is 5.13. The first-order valence-electron chi connectivity index (χ1n) is 7.92. The molecule has 1 amide bonds. The van der Waals surface area contributed by atoms with Crippen molar-refractivity contribution in [2.24, 2.45) is 0 Å². The van der Waals surface area contributed by atoms with Crippen molar-refractivity contribution in [2.75, 3.05) is 18.4 Å². The summed E-state index contributed by atoms with van der Waals surface area (Å²) in [6, 6.07) is 11.1. The Bertz CT molecular complexity index is 928. The largest absolute Gasteiger partial charge is 0.365 e. The number of hydrogen-bond acceptors (Lipinski definition) is 4. The molecule has 3 aromatic rings. The molecule has 2 heterocycles. The van der Waals surface area contributed by atoms with Gasteiger partial charge in [0.05, 0.1) is 11.9 Å². The maximum absolute atomic E-state index is 12.4. The number of imidazole rings is 1. The van der Waals surface area contributed by atoms with Crippen molar-refractivity contribution in [1.82, 2.24) is 19.9 Å². The lowest BCUT2D eigenvalue weighted by atomic mass is 10.0. The molecular weight excluding hydrogens is 314 g/mol. The molecule has 0 saturated carbocycles. The van der Waals surface area contributed by atoms with Crippen molar-refractivity contribution >= 4 is 17.4 Å². The van der Waals surface area contributed by atoms with Gasteiger partial charge in [-0.05, 0) is 18.2 Å². The van der Waals surface area contributed by atoms with Crippen LogP contribution in [0.15, 0.2) is 67.9 Å². The predicted molar refractivity (Wildman–Crippen MR) is 99.6 cm³/mol. The summed E-state index contributed by atoms with van der Waals surface area (Å²) >= 11 is 0. The van der Waals surface area contributed by atoms with Crippen LogP contribution in [0.25, 0.3) is 16.9 Å². The van der Waals surface area contributed by atoms with Crippen molar-refractivity contribution in [3.05, 3.63) is 73.5 Å². The lowest BCUT2D eigenvalue weighted by Crippen LogP contribution is -2.23. The van der Waals surface area contributed by atoms with Crippen LogP contribution in [-0.2, 0) is 0 Å². The fourth-order valence-electron chi connectivity index (χ4n) is 2.49. The molecule has 0 bridgehead atoms. The van der Waals surface area contributed by atoms with E-state index >= 15 is 0 Å². The van der Waals surface area contributed by atoms with Crippen molar-refractivity contribution in [3.8, 4) is 11.3 Å². The van der Waals surface area contributed by atoms with Gasteiger partial charge in [-0.3, -0.25) is 4.79 Å². The number of amides is 1. The van der Waals surface area contributed by atoms with Gasteiger partial charge >= 0.3 is 0 Å². The van der Waals surface area contributed by atoms with Gasteiger partial charge in [0.25, 0.3) is 5.91 Å². The standard InChI is InChI=1S/C19H19N5O/c1-3-11-20-17-9-10-18-22-13-16(24(18)23-17)14-7-5-6-8-15(14)19(25)21-12-4-2/h3-10,13H,1-2,11-12H2,(H,20,23)(H,21,25). The average molecular weight is 333 g/mol. The summed E-state index contributed by atoms with van der Waals surface area (Å²) in [7, 11) is 0. The SMILES string of the molecule is C=CCNC(=O)c1ccccc1-c1cnc2ccc(NCC=C)nn12. The second kappa shape index (κ2) is 7.44. The van der Waals surface area contributed by atoms with Gasteiger partial charge in [-0.1, -0.05) is 30.4 Å². The van der Waals surface area contributed by atoms with E-state index in [1.54, 1.807) is 28.9 Å². The summed E-state index contributed by atoms with van der Waals surface area (Å²) in [5.41, 5.74) is 2.80. The van der Waals surface area contributed by atoms with Crippen LogP contribution in [0.4, 0.5) is 5.82 Å². The highest BCUT2D eigenvalue weighted by Crippen LogP contribution is 2.24. The van der Waals surface area contributed by atoms with Gasteiger partial charge in [0.2, 0.25) is 0 Å². The summed E-state index contributed by atoms with van der Waals surface area (Å²) in [6.45, 7) is 8.33. The number of benzene rings is 1. The number of anilines is 1. The maximum atomic E-state index is 12.4. The van der Waals surface area contributed by atoms with Crippen LogP contribution in [-0.4, -0.2) is 33.6 Å². The quantitative estimate of drug-likeness (QED) is 0.652. The van der Waals surface area contributed by atoms with Crippen LogP contribution < -0.4 is 10.6 Å². The summed E-state index contributed by atoms with van der Waals surface area (Å²) in [5.74, 6) is 0.548. The van der Waals surface area contributed by atoms with Crippen molar-refractivity contribution in [2.45, 2.75) is 0 Å². The zero-order valence-corrected chi connectivity index (χ0v) is 13.8. The normalized spacial score (nSPS) is 10.4. The van der Waals surface area contributed by atoms with E-state index in [4.69, 9.17) is 0 Å². The van der Waals surface area contributed by atoms with Gasteiger partial charge in [-0.15, -0.1) is 18.3 Å². The zero-order chi connectivity index (χ0) is 17.6. The monoisotopic (exact) mass is 333 g/mol. The molecule has 0 fully saturated rings. The van der Waals surface area contributed by atoms with Gasteiger partial charge in [0.1, 0.15) is 5.82 Å². The van der Waals surface area contributed by atoms with E-state index in [0.717, 1.165) is 11.3 Å². The fourth-order valence-corrected chi connectivity index (χ4v) is 2.49. The van der Waals surface area contributed by atoms with E-state index in [1.165, 1.54) is 0 Å². The average Bonchev–Trinajstić information content (AvgIpc) is 3.07. The third kappa shape index (κ3) is 3.42. The number of aromatic nitrogens is 3. The summed E-state index contributed by atoms with van der Waals surface area (Å²) < 4.78 is 1.73. The number of hydrogen-bond donors (Lipinski definition) is 2. The van der Waals surface area contributed by atoms with E-state index in [9.17, 15) is 4.79 Å². The topological polar surface area (TPSA) is 71.3 Å². The second-order valence-electron chi connectivity index (χ2n) is 5.35. The molecule has 3 rings (SSSR count). The Morgan fingerprint density at radius 2 is 1.92 bits per heavy atom. The smallest absolute Gasteiger partial charge is 0.252 e. The molecule has 6 heteroatoms. The Balaban J connectivity index is 2.05. The third-order valence-electron chi connectivity index (χ3n) is 3.64. The van der Waals surface area contributed by atoms with Crippen molar-refractivity contribution in [3.63, 3.8) is 0 Å². The lowest BCUT2D eigenvalue weighted by molar-refractivity contribution is 0.0958. The van der Waals surface area contributed by atoms with E-state index in [1.807, 2.05) is 30.3 Å². The minimum atomic E-state index is -0.161. The van der Waals surface area contributed by atoms with Gasteiger partial charge in [-0.25, -0.2) is 9.50 Å². The molecule has 6 nitrogen and oxygen atoms in total. The van der Waals surface area contributed by atoms with Crippen LogP contribution >= 0.6 is 0 Å². The Kier molecular flexibility index (Phi) is 4.89. The maximum Gasteiger partial charge on any atom is 0.252 e. The Labute approximate surface area is 145 Å². The van der Waals surface area contributed by atoms with Crippen LogP contribution in [0.1, 0.15) is 10.4 Å². The molecule has 0 unspecified atom stereocenters. The number of carbonyl (C=O) groups is 1. The molecule has 25 heavy (non-hydrogen) atoms. The lowest BCUT2D eigenvalue weighted by Gasteiger charge is -2.09. The molecule has 126 valence electrons. The fraction of sp³-hybridized carbons (Fsp3) is 0.105. The molecule has 2 N–H and O–H groups in total. The molecule has 0 aliphatic carbocycles. The molecule has 0 radical (unpaired) electrons. The molecule has 1 aromatic carbocycles. The minimum Gasteiger partial charge on any atom is -0.365 e. The van der Waals surface area contributed by atoms with Gasteiger partial charge < -0.3 is 10.6 Å². The number of rotatable bonds is 7. The third-order valence-corrected chi connectivity index (χ3v) is 3.64. The van der Waals surface area contributed by atoms with Crippen LogP contribution in [0.2, 0.25) is 0 Å². The molecule has 2 aromatic heterocycles. The highest BCUT2D eigenvalue weighted by molar-refractivity contribution is 6.00. The Morgan fingerprint density at radius 1 is 1.12 bits per heavy atom. The zero-order valence-electron chi connectivity index (χ0n) is 13.8. The van der Waals surface area contributed by atoms with Crippen LogP contribution in [0.5, 0.6) is 0 Å². The Hall–Kier alpha value is -3.41. The van der Waals surface area contributed by atoms with Gasteiger partial charge in [-0.2, -0.15) is 0 Å². The first-order chi connectivity index (χ1) is 12.2. The molecule has 0 saturated heterocycles. The Morgan fingerprint density at radius 3 is 2.72 bits per heavy atom. The van der Waals surface area contributed by atoms with Crippen LogP contribution in [0, 0.1) is 0 Å². The van der Waals surface area contributed by atoms with Gasteiger partial charge in [0.15, 0.2) is 5.65 Å². The van der Waals surface area contributed by atoms with Crippen molar-refractivity contribution < 1.29 is 4.79 Å². The molecule has 0 spiro atoms. The number of nitrogens with zero attached hydrogens (tertiary/aromatic N) is 3. The van der Waals surface area contributed by atoms with Gasteiger partial charge in [0, 0.05) is 24.2 Å². The number of nitrogens with one attached hydrogen (secondary N) is 2. The first-order valence-corrected chi connectivity index (χ1v) is 7.92. The molecule has 0 aliphatic heterocycles. The summed E-state index contributed by atoms with van der Waals surface area (Å²) in [5, 5.41) is 10.5. The molecule has 0 atom stereocenters. The highest BCUT2D eigenvalue weighted by atomic mass is 16.1. The minimum absolute atomic E-state index is 0.161.